The SMILES string of the molecule is CC[C@H](C)[C@H](NC(C)=O)C1=N[C@H](CC(C)C)CO1. The van der Waals surface area contributed by atoms with E-state index in [-0.39, 0.29) is 18.0 Å². The molecule has 1 aliphatic heterocycles. The Balaban J connectivity index is 2.71. The van der Waals surface area contributed by atoms with Crippen LogP contribution in [0, 0.1) is 11.8 Å². The Bertz CT molecular complexity index is 313. The molecule has 1 amide bonds. The lowest BCUT2D eigenvalue weighted by molar-refractivity contribution is -0.119. The first-order chi connectivity index (χ1) is 8.43. The minimum Gasteiger partial charge on any atom is -0.477 e. The summed E-state index contributed by atoms with van der Waals surface area (Å²) in [5.41, 5.74) is 0. The van der Waals surface area contributed by atoms with Gasteiger partial charge in [-0.25, -0.2) is 4.99 Å². The van der Waals surface area contributed by atoms with Crippen molar-refractivity contribution >= 4 is 11.8 Å². The third kappa shape index (κ3) is 4.31. The summed E-state index contributed by atoms with van der Waals surface area (Å²) in [6.45, 7) is 10.8. The lowest BCUT2D eigenvalue weighted by Crippen LogP contribution is -2.44. The average molecular weight is 254 g/mol. The summed E-state index contributed by atoms with van der Waals surface area (Å²) in [7, 11) is 0. The summed E-state index contributed by atoms with van der Waals surface area (Å²) >= 11 is 0. The number of aliphatic imine (C=N–C) groups is 1. The molecule has 0 bridgehead atoms. The van der Waals surface area contributed by atoms with Crippen molar-refractivity contribution < 1.29 is 9.53 Å². The smallest absolute Gasteiger partial charge is 0.217 e. The van der Waals surface area contributed by atoms with Crippen LogP contribution in [0.2, 0.25) is 0 Å². The molecule has 1 N–H and O–H groups in total. The first-order valence-electron chi connectivity index (χ1n) is 6.91. The third-order valence-electron chi connectivity index (χ3n) is 3.31. The van der Waals surface area contributed by atoms with Gasteiger partial charge in [0.2, 0.25) is 11.8 Å². The predicted molar refractivity (Wildman–Crippen MR) is 73.7 cm³/mol. The van der Waals surface area contributed by atoms with Crippen LogP contribution in [0.4, 0.5) is 0 Å². The van der Waals surface area contributed by atoms with E-state index < -0.39 is 0 Å². The largest absolute Gasteiger partial charge is 0.477 e. The summed E-state index contributed by atoms with van der Waals surface area (Å²) < 4.78 is 5.69. The van der Waals surface area contributed by atoms with Crippen molar-refractivity contribution in [3.63, 3.8) is 0 Å². The molecule has 0 aromatic rings. The van der Waals surface area contributed by atoms with E-state index in [1.165, 1.54) is 6.92 Å². The molecule has 3 atom stereocenters. The van der Waals surface area contributed by atoms with Crippen molar-refractivity contribution in [2.75, 3.05) is 6.61 Å². The van der Waals surface area contributed by atoms with Gasteiger partial charge in [-0.15, -0.1) is 0 Å². The molecule has 0 radical (unpaired) electrons. The van der Waals surface area contributed by atoms with Crippen LogP contribution in [-0.2, 0) is 9.53 Å². The first kappa shape index (κ1) is 15.0. The van der Waals surface area contributed by atoms with Crippen LogP contribution >= 0.6 is 0 Å². The number of carbonyl (C=O) groups is 1. The molecule has 0 saturated carbocycles. The van der Waals surface area contributed by atoms with E-state index in [1.807, 2.05) is 0 Å². The van der Waals surface area contributed by atoms with Crippen molar-refractivity contribution in [3.05, 3.63) is 0 Å². The Kier molecular flexibility index (Phi) is 5.63. The van der Waals surface area contributed by atoms with Gasteiger partial charge in [-0.1, -0.05) is 34.1 Å². The zero-order valence-electron chi connectivity index (χ0n) is 12.2. The van der Waals surface area contributed by atoms with Crippen LogP contribution in [0.1, 0.15) is 47.5 Å². The Morgan fingerprint density at radius 1 is 1.50 bits per heavy atom. The highest BCUT2D eigenvalue weighted by Gasteiger charge is 2.30. The summed E-state index contributed by atoms with van der Waals surface area (Å²) in [4.78, 5) is 15.9. The molecule has 18 heavy (non-hydrogen) atoms. The molecular weight excluding hydrogens is 228 g/mol. The summed E-state index contributed by atoms with van der Waals surface area (Å²) in [6, 6.07) is 0.171. The van der Waals surface area contributed by atoms with Gasteiger partial charge in [0.1, 0.15) is 12.6 Å². The Morgan fingerprint density at radius 3 is 2.67 bits per heavy atom. The van der Waals surface area contributed by atoms with E-state index >= 15 is 0 Å². The second-order valence-electron chi connectivity index (χ2n) is 5.63. The number of hydrogen-bond acceptors (Lipinski definition) is 3. The van der Waals surface area contributed by atoms with E-state index in [4.69, 9.17) is 4.74 Å². The maximum atomic E-state index is 11.3. The molecule has 0 unspecified atom stereocenters. The van der Waals surface area contributed by atoms with E-state index in [0.29, 0.717) is 24.3 Å². The van der Waals surface area contributed by atoms with E-state index in [9.17, 15) is 4.79 Å². The number of hydrogen-bond donors (Lipinski definition) is 1. The lowest BCUT2D eigenvalue weighted by Gasteiger charge is -2.22. The van der Waals surface area contributed by atoms with Crippen molar-refractivity contribution in [3.8, 4) is 0 Å². The number of nitrogens with one attached hydrogen (secondary N) is 1. The van der Waals surface area contributed by atoms with Crippen LogP contribution in [0.15, 0.2) is 4.99 Å². The summed E-state index contributed by atoms with van der Waals surface area (Å²) in [5.74, 6) is 1.64. The Hall–Kier alpha value is -1.06. The van der Waals surface area contributed by atoms with E-state index in [0.717, 1.165) is 12.8 Å². The quantitative estimate of drug-likeness (QED) is 0.791. The molecule has 104 valence electrons. The van der Waals surface area contributed by atoms with Gasteiger partial charge in [0.05, 0.1) is 6.04 Å². The molecule has 0 spiro atoms. The molecule has 0 aliphatic carbocycles. The van der Waals surface area contributed by atoms with Gasteiger partial charge in [-0.05, 0) is 18.3 Å². The monoisotopic (exact) mass is 254 g/mol. The molecule has 0 aromatic carbocycles. The normalized spacial score (nSPS) is 22.3. The van der Waals surface area contributed by atoms with Crippen LogP contribution < -0.4 is 5.32 Å². The molecule has 0 aromatic heterocycles. The highest BCUT2D eigenvalue weighted by molar-refractivity contribution is 5.88. The van der Waals surface area contributed by atoms with Crippen LogP contribution in [0.25, 0.3) is 0 Å². The fraction of sp³-hybridized carbons (Fsp3) is 0.857. The first-order valence-corrected chi connectivity index (χ1v) is 6.91. The van der Waals surface area contributed by atoms with Gasteiger partial charge in [0.25, 0.3) is 0 Å². The highest BCUT2D eigenvalue weighted by atomic mass is 16.5. The van der Waals surface area contributed by atoms with Crippen molar-refractivity contribution in [2.45, 2.75) is 59.5 Å². The average Bonchev–Trinajstić information content (AvgIpc) is 2.72. The highest BCUT2D eigenvalue weighted by Crippen LogP contribution is 2.19. The maximum absolute atomic E-state index is 11.3. The van der Waals surface area contributed by atoms with Crippen molar-refractivity contribution in [1.29, 1.82) is 0 Å². The molecule has 1 aliphatic rings. The van der Waals surface area contributed by atoms with Crippen LogP contribution in [0.3, 0.4) is 0 Å². The van der Waals surface area contributed by atoms with Gasteiger partial charge in [0.15, 0.2) is 0 Å². The molecule has 1 rings (SSSR count). The maximum Gasteiger partial charge on any atom is 0.217 e. The van der Waals surface area contributed by atoms with Crippen molar-refractivity contribution in [1.82, 2.24) is 5.32 Å². The molecule has 4 heteroatoms. The van der Waals surface area contributed by atoms with Crippen LogP contribution in [0.5, 0.6) is 0 Å². The van der Waals surface area contributed by atoms with E-state index in [1.54, 1.807) is 0 Å². The predicted octanol–water partition coefficient (Wildman–Crippen LogP) is 2.38. The Labute approximate surface area is 110 Å². The van der Waals surface area contributed by atoms with Gasteiger partial charge >= 0.3 is 0 Å². The minimum absolute atomic E-state index is 0.0288. The standard InChI is InChI=1S/C14H26N2O2/c1-6-10(4)13(15-11(5)17)14-16-12(8-18-14)7-9(2)3/h9-10,12-13H,6-8H2,1-5H3,(H,15,17)/t10-,12+,13-/m0/s1. The summed E-state index contributed by atoms with van der Waals surface area (Å²) in [6.07, 6.45) is 2.03. The lowest BCUT2D eigenvalue weighted by atomic mass is 9.99. The topological polar surface area (TPSA) is 50.7 Å². The zero-order chi connectivity index (χ0) is 13.7. The fourth-order valence-corrected chi connectivity index (χ4v) is 2.17. The van der Waals surface area contributed by atoms with E-state index in [2.05, 4.69) is 38.0 Å². The van der Waals surface area contributed by atoms with Gasteiger partial charge in [0, 0.05) is 6.92 Å². The molecule has 4 nitrogen and oxygen atoms in total. The summed E-state index contributed by atoms with van der Waals surface area (Å²) in [5, 5.41) is 2.95. The third-order valence-corrected chi connectivity index (χ3v) is 3.31. The second kappa shape index (κ2) is 6.76. The van der Waals surface area contributed by atoms with Crippen LogP contribution in [-0.4, -0.2) is 30.5 Å². The number of nitrogens with zero attached hydrogens (tertiary/aromatic N) is 1. The number of amides is 1. The minimum atomic E-state index is -0.0790. The molecule has 0 fully saturated rings. The van der Waals surface area contributed by atoms with Gasteiger partial charge in [-0.2, -0.15) is 0 Å². The van der Waals surface area contributed by atoms with Gasteiger partial charge < -0.3 is 10.1 Å². The van der Waals surface area contributed by atoms with Crippen molar-refractivity contribution in [2.24, 2.45) is 16.8 Å². The van der Waals surface area contributed by atoms with Gasteiger partial charge in [-0.3, -0.25) is 4.79 Å². The molecule has 1 heterocycles. The number of carbonyl (C=O) groups excluding carboxylic acids is 1. The fourth-order valence-electron chi connectivity index (χ4n) is 2.17. The Morgan fingerprint density at radius 2 is 2.17 bits per heavy atom. The molecular formula is C14H26N2O2. The second-order valence-corrected chi connectivity index (χ2v) is 5.63. The number of rotatable bonds is 6. The molecule has 0 saturated heterocycles. The number of ether oxygens (including phenoxy) is 1. The zero-order valence-corrected chi connectivity index (χ0v) is 12.2.